The number of hydrogen-bond donors (Lipinski definition) is 1. The number of pyridine rings is 1. The zero-order chi connectivity index (χ0) is 19.4. The van der Waals surface area contributed by atoms with Crippen LogP contribution in [0.4, 0.5) is 0 Å². The molecule has 0 aromatic carbocycles. The van der Waals surface area contributed by atoms with Crippen molar-refractivity contribution in [1.29, 1.82) is 0 Å². The molecule has 0 spiro atoms. The Morgan fingerprint density at radius 3 is 1.89 bits per heavy atom. The molecule has 1 aromatic rings. The molecular weight excluding hydrogens is 330 g/mol. The smallest absolute Gasteiger partial charge is 0.171 e. The Kier molecular flexibility index (Phi) is 16.5. The standard InChI is InChI=1S/C25H46NO/c1-2-3-4-5-12-15-19-25-20-18-22-26(24-25)21-16-13-10-8-6-7-9-11-14-17-23-27/h18,20,22,24,27H,2-17,19,21,23H2,1H3/q+1. The maximum absolute atomic E-state index is 8.76. The molecule has 1 N–H and O–H groups in total. The predicted octanol–water partition coefficient (Wildman–Crippen LogP) is 6.77. The van der Waals surface area contributed by atoms with Crippen molar-refractivity contribution in [2.75, 3.05) is 6.61 Å². The first-order valence-electron chi connectivity index (χ1n) is 12.0. The van der Waals surface area contributed by atoms with Crippen LogP contribution in [0.5, 0.6) is 0 Å². The molecule has 0 fully saturated rings. The van der Waals surface area contributed by atoms with Crippen LogP contribution in [0, 0.1) is 0 Å². The number of unbranched alkanes of at least 4 members (excludes halogenated alkanes) is 14. The van der Waals surface area contributed by atoms with Crippen LogP contribution in [-0.4, -0.2) is 11.7 Å². The van der Waals surface area contributed by atoms with E-state index in [9.17, 15) is 0 Å². The number of nitrogens with zero attached hydrogens (tertiary/aromatic N) is 1. The van der Waals surface area contributed by atoms with Crippen LogP contribution in [0.15, 0.2) is 24.5 Å². The minimum Gasteiger partial charge on any atom is -0.396 e. The van der Waals surface area contributed by atoms with Crippen molar-refractivity contribution < 1.29 is 9.67 Å². The fourth-order valence-electron chi connectivity index (χ4n) is 3.79. The van der Waals surface area contributed by atoms with Gasteiger partial charge in [0.2, 0.25) is 0 Å². The Hall–Kier alpha value is -0.890. The van der Waals surface area contributed by atoms with Crippen LogP contribution in [0.3, 0.4) is 0 Å². The van der Waals surface area contributed by atoms with Crippen LogP contribution in [0.25, 0.3) is 0 Å². The molecule has 0 bridgehead atoms. The Morgan fingerprint density at radius 2 is 1.26 bits per heavy atom. The summed E-state index contributed by atoms with van der Waals surface area (Å²) < 4.78 is 2.40. The summed E-state index contributed by atoms with van der Waals surface area (Å²) >= 11 is 0. The van der Waals surface area contributed by atoms with E-state index in [0.717, 1.165) is 6.42 Å². The molecule has 0 unspecified atom stereocenters. The Bertz CT molecular complexity index is 432. The molecule has 1 heterocycles. The van der Waals surface area contributed by atoms with Crippen LogP contribution in [0.2, 0.25) is 0 Å². The summed E-state index contributed by atoms with van der Waals surface area (Å²) in [6, 6.07) is 4.52. The van der Waals surface area contributed by atoms with Crippen molar-refractivity contribution in [1.82, 2.24) is 0 Å². The number of aliphatic hydroxyl groups excluding tert-OH is 1. The van der Waals surface area contributed by atoms with Crippen molar-refractivity contribution in [2.45, 2.75) is 123 Å². The molecule has 0 atom stereocenters. The van der Waals surface area contributed by atoms with E-state index in [1.54, 1.807) is 0 Å². The van der Waals surface area contributed by atoms with E-state index in [1.807, 2.05) is 0 Å². The third-order valence-electron chi connectivity index (χ3n) is 5.56. The second-order valence-corrected chi connectivity index (χ2v) is 8.23. The second-order valence-electron chi connectivity index (χ2n) is 8.23. The quantitative estimate of drug-likeness (QED) is 0.209. The second kappa shape index (κ2) is 18.5. The minimum absolute atomic E-state index is 0.361. The monoisotopic (exact) mass is 376 g/mol. The lowest BCUT2D eigenvalue weighted by Crippen LogP contribution is -2.33. The molecule has 0 amide bonds. The maximum atomic E-state index is 8.76. The number of aliphatic hydroxyl groups is 1. The Morgan fingerprint density at radius 1 is 0.704 bits per heavy atom. The van der Waals surface area contributed by atoms with Gasteiger partial charge in [0.1, 0.15) is 6.54 Å². The van der Waals surface area contributed by atoms with Crippen molar-refractivity contribution in [3.8, 4) is 0 Å². The highest BCUT2D eigenvalue weighted by Gasteiger charge is 2.03. The van der Waals surface area contributed by atoms with Crippen LogP contribution in [0.1, 0.15) is 115 Å². The first-order chi connectivity index (χ1) is 13.4. The molecule has 2 heteroatoms. The summed E-state index contributed by atoms with van der Waals surface area (Å²) in [6.07, 6.45) is 27.2. The van der Waals surface area contributed by atoms with E-state index in [1.165, 1.54) is 115 Å². The van der Waals surface area contributed by atoms with E-state index in [2.05, 4.69) is 36.0 Å². The highest BCUT2D eigenvalue weighted by Crippen LogP contribution is 2.11. The normalized spacial score (nSPS) is 11.2. The molecule has 2 nitrogen and oxygen atoms in total. The Balaban J connectivity index is 1.99. The summed E-state index contributed by atoms with van der Waals surface area (Å²) in [6.45, 7) is 3.82. The molecule has 27 heavy (non-hydrogen) atoms. The summed E-state index contributed by atoms with van der Waals surface area (Å²) in [4.78, 5) is 0. The molecule has 0 saturated heterocycles. The average Bonchev–Trinajstić information content (AvgIpc) is 2.69. The molecule has 0 aliphatic rings. The molecule has 1 rings (SSSR count). The number of rotatable bonds is 19. The zero-order valence-electron chi connectivity index (χ0n) is 18.1. The van der Waals surface area contributed by atoms with Gasteiger partial charge < -0.3 is 5.11 Å². The van der Waals surface area contributed by atoms with Gasteiger partial charge in [-0.2, -0.15) is 0 Å². The summed E-state index contributed by atoms with van der Waals surface area (Å²) in [5.41, 5.74) is 1.51. The zero-order valence-corrected chi connectivity index (χ0v) is 18.1. The highest BCUT2D eigenvalue weighted by molar-refractivity contribution is 5.05. The van der Waals surface area contributed by atoms with Gasteiger partial charge in [-0.1, -0.05) is 84.0 Å². The first-order valence-corrected chi connectivity index (χ1v) is 12.0. The lowest BCUT2D eigenvalue weighted by molar-refractivity contribution is -0.697. The summed E-state index contributed by atoms with van der Waals surface area (Å²) in [5, 5.41) is 8.76. The predicted molar refractivity (Wildman–Crippen MR) is 117 cm³/mol. The van der Waals surface area contributed by atoms with Gasteiger partial charge in [0.25, 0.3) is 0 Å². The van der Waals surface area contributed by atoms with E-state index >= 15 is 0 Å². The van der Waals surface area contributed by atoms with Gasteiger partial charge in [-0.3, -0.25) is 0 Å². The molecule has 0 saturated carbocycles. The number of aromatic nitrogens is 1. The van der Waals surface area contributed by atoms with Gasteiger partial charge >= 0.3 is 0 Å². The van der Waals surface area contributed by atoms with Gasteiger partial charge in [-0.25, -0.2) is 4.57 Å². The topological polar surface area (TPSA) is 24.1 Å². The van der Waals surface area contributed by atoms with Crippen LogP contribution < -0.4 is 4.57 Å². The molecule has 156 valence electrons. The SMILES string of the molecule is CCCCCCCCc1ccc[n+](CCCCCCCCCCCCO)c1. The number of aryl methyl sites for hydroxylation is 2. The number of hydrogen-bond acceptors (Lipinski definition) is 1. The van der Waals surface area contributed by atoms with Gasteiger partial charge in [0, 0.05) is 24.7 Å². The van der Waals surface area contributed by atoms with Gasteiger partial charge in [0.15, 0.2) is 12.4 Å². The van der Waals surface area contributed by atoms with Crippen molar-refractivity contribution in [3.05, 3.63) is 30.1 Å². The maximum Gasteiger partial charge on any atom is 0.171 e. The van der Waals surface area contributed by atoms with E-state index < -0.39 is 0 Å². The Labute approximate surface area is 169 Å². The largest absolute Gasteiger partial charge is 0.396 e. The van der Waals surface area contributed by atoms with Gasteiger partial charge in [-0.05, 0) is 31.7 Å². The molecule has 0 radical (unpaired) electrons. The third-order valence-corrected chi connectivity index (χ3v) is 5.56. The lowest BCUT2D eigenvalue weighted by atomic mass is 10.1. The molecule has 0 aliphatic heterocycles. The summed E-state index contributed by atoms with van der Waals surface area (Å²) in [7, 11) is 0. The van der Waals surface area contributed by atoms with E-state index in [0.29, 0.717) is 6.61 Å². The molecule has 1 aromatic heterocycles. The molecular formula is C25H46NO+. The van der Waals surface area contributed by atoms with E-state index in [-0.39, 0.29) is 0 Å². The van der Waals surface area contributed by atoms with Crippen molar-refractivity contribution in [3.63, 3.8) is 0 Å². The minimum atomic E-state index is 0.361. The van der Waals surface area contributed by atoms with Crippen molar-refractivity contribution >= 4 is 0 Å². The lowest BCUT2D eigenvalue weighted by Gasteiger charge is -2.03. The molecule has 0 aliphatic carbocycles. The fraction of sp³-hybridized carbons (Fsp3) is 0.800. The highest BCUT2D eigenvalue weighted by atomic mass is 16.2. The fourth-order valence-corrected chi connectivity index (χ4v) is 3.79. The van der Waals surface area contributed by atoms with Crippen LogP contribution >= 0.6 is 0 Å². The van der Waals surface area contributed by atoms with Crippen LogP contribution in [-0.2, 0) is 13.0 Å². The summed E-state index contributed by atoms with van der Waals surface area (Å²) in [5.74, 6) is 0. The van der Waals surface area contributed by atoms with Gasteiger partial charge in [0.05, 0.1) is 0 Å². The van der Waals surface area contributed by atoms with Gasteiger partial charge in [-0.15, -0.1) is 0 Å². The third kappa shape index (κ3) is 14.8. The first kappa shape index (κ1) is 24.1. The van der Waals surface area contributed by atoms with E-state index in [4.69, 9.17) is 5.11 Å². The average molecular weight is 377 g/mol. The van der Waals surface area contributed by atoms with Crippen molar-refractivity contribution in [2.24, 2.45) is 0 Å².